The molecule has 0 bridgehead atoms. The molecule has 1 N–H and O–H groups in total. The maximum Gasteiger partial charge on any atom is 0.416 e. The zero-order valence-corrected chi connectivity index (χ0v) is 14.2. The molecule has 1 atom stereocenters. The minimum absolute atomic E-state index is 0. The minimum atomic E-state index is -4.43. The first-order valence-corrected chi connectivity index (χ1v) is 7.69. The van der Waals surface area contributed by atoms with Gasteiger partial charge in [0.05, 0.1) is 17.9 Å². The maximum atomic E-state index is 13.1. The monoisotopic (exact) mass is 380 g/mol. The Morgan fingerprint density at radius 3 is 2.46 bits per heavy atom. The van der Waals surface area contributed by atoms with E-state index in [-0.39, 0.29) is 23.5 Å². The van der Waals surface area contributed by atoms with Gasteiger partial charge in [0.2, 0.25) is 0 Å². The van der Waals surface area contributed by atoms with E-state index in [1.165, 1.54) is 6.26 Å². The van der Waals surface area contributed by atoms with Crippen LogP contribution in [0, 0.1) is 0 Å². The van der Waals surface area contributed by atoms with Crippen molar-refractivity contribution in [2.24, 2.45) is 0 Å². The van der Waals surface area contributed by atoms with Crippen LogP contribution in [0.3, 0.4) is 0 Å². The standard InChI is InChI=1S/C16H16ClF3N2O.ClH/c17-13-9-11(8-12(10-13)16(18,19)20)15(14-2-1-7-23-14)22-5-3-21-4-6-22;/h1-2,7-10,15,21H,3-6H2;1H/t15-;/m0./s1. The number of hydrogen-bond acceptors (Lipinski definition) is 3. The van der Waals surface area contributed by atoms with Gasteiger partial charge in [0.1, 0.15) is 5.76 Å². The highest BCUT2D eigenvalue weighted by Gasteiger charge is 2.33. The first-order chi connectivity index (χ1) is 10.9. The highest BCUT2D eigenvalue weighted by Crippen LogP contribution is 2.36. The van der Waals surface area contributed by atoms with E-state index in [0.29, 0.717) is 11.3 Å². The fraction of sp³-hybridized carbons (Fsp3) is 0.375. The molecule has 24 heavy (non-hydrogen) atoms. The van der Waals surface area contributed by atoms with E-state index >= 15 is 0 Å². The maximum absolute atomic E-state index is 13.1. The molecule has 2 aromatic rings. The van der Waals surface area contributed by atoms with E-state index in [2.05, 4.69) is 10.2 Å². The van der Waals surface area contributed by atoms with Crippen LogP contribution in [-0.2, 0) is 6.18 Å². The number of furan rings is 1. The fourth-order valence-corrected chi connectivity index (χ4v) is 3.12. The van der Waals surface area contributed by atoms with E-state index < -0.39 is 11.7 Å². The van der Waals surface area contributed by atoms with Gasteiger partial charge in [-0.2, -0.15) is 13.2 Å². The Morgan fingerprint density at radius 2 is 1.88 bits per heavy atom. The molecule has 1 aliphatic heterocycles. The third kappa shape index (κ3) is 4.25. The number of nitrogens with one attached hydrogen (secondary N) is 1. The Balaban J connectivity index is 0.00000208. The number of halogens is 5. The Kier molecular flexibility index (Phi) is 6.20. The second-order valence-electron chi connectivity index (χ2n) is 5.47. The zero-order chi connectivity index (χ0) is 16.4. The molecular formula is C16H17Cl2F3N2O. The number of alkyl halides is 3. The number of hydrogen-bond donors (Lipinski definition) is 1. The van der Waals surface area contributed by atoms with Gasteiger partial charge in [-0.15, -0.1) is 12.4 Å². The van der Waals surface area contributed by atoms with Crippen LogP contribution in [0.4, 0.5) is 13.2 Å². The van der Waals surface area contributed by atoms with Crippen LogP contribution in [0.15, 0.2) is 41.0 Å². The van der Waals surface area contributed by atoms with Crippen LogP contribution in [-0.4, -0.2) is 31.1 Å². The molecule has 0 saturated carbocycles. The van der Waals surface area contributed by atoms with Crippen molar-refractivity contribution in [1.29, 1.82) is 0 Å². The van der Waals surface area contributed by atoms with E-state index in [1.54, 1.807) is 18.2 Å². The number of piperazine rings is 1. The molecule has 2 heterocycles. The summed E-state index contributed by atoms with van der Waals surface area (Å²) in [4.78, 5) is 2.10. The lowest BCUT2D eigenvalue weighted by atomic mass is 9.99. The lowest BCUT2D eigenvalue weighted by Crippen LogP contribution is -2.45. The van der Waals surface area contributed by atoms with Crippen molar-refractivity contribution in [2.45, 2.75) is 12.2 Å². The zero-order valence-electron chi connectivity index (χ0n) is 12.6. The fourth-order valence-electron chi connectivity index (χ4n) is 2.88. The number of benzene rings is 1. The van der Waals surface area contributed by atoms with Crippen molar-refractivity contribution in [3.63, 3.8) is 0 Å². The molecule has 0 aliphatic carbocycles. The summed E-state index contributed by atoms with van der Waals surface area (Å²) in [6, 6.07) is 6.81. The molecule has 0 unspecified atom stereocenters. The van der Waals surface area contributed by atoms with Gasteiger partial charge in [0, 0.05) is 31.2 Å². The van der Waals surface area contributed by atoms with Crippen molar-refractivity contribution in [1.82, 2.24) is 10.2 Å². The Bertz CT molecular complexity index is 656. The summed E-state index contributed by atoms with van der Waals surface area (Å²) >= 11 is 5.94. The van der Waals surface area contributed by atoms with Gasteiger partial charge in [-0.25, -0.2) is 0 Å². The summed E-state index contributed by atoms with van der Waals surface area (Å²) in [7, 11) is 0. The van der Waals surface area contributed by atoms with Crippen LogP contribution >= 0.6 is 24.0 Å². The molecular weight excluding hydrogens is 364 g/mol. The molecule has 0 radical (unpaired) electrons. The van der Waals surface area contributed by atoms with E-state index in [4.69, 9.17) is 16.0 Å². The highest BCUT2D eigenvalue weighted by atomic mass is 35.5. The first kappa shape index (κ1) is 19.1. The van der Waals surface area contributed by atoms with Gasteiger partial charge < -0.3 is 9.73 Å². The van der Waals surface area contributed by atoms with E-state index in [0.717, 1.165) is 38.3 Å². The van der Waals surface area contributed by atoms with Crippen LogP contribution in [0.5, 0.6) is 0 Å². The quantitative estimate of drug-likeness (QED) is 0.856. The lowest BCUT2D eigenvalue weighted by Gasteiger charge is -2.34. The predicted molar refractivity (Wildman–Crippen MR) is 88.7 cm³/mol. The SMILES string of the molecule is Cl.FC(F)(F)c1cc(Cl)cc([C@@H](c2ccco2)N2CCNCC2)c1. The molecule has 0 amide bonds. The molecule has 1 fully saturated rings. The lowest BCUT2D eigenvalue weighted by molar-refractivity contribution is -0.137. The molecule has 132 valence electrons. The largest absolute Gasteiger partial charge is 0.467 e. The summed E-state index contributed by atoms with van der Waals surface area (Å²) in [5.41, 5.74) is -0.256. The average molecular weight is 381 g/mol. The second-order valence-corrected chi connectivity index (χ2v) is 5.91. The van der Waals surface area contributed by atoms with Gasteiger partial charge in [0.15, 0.2) is 0 Å². The van der Waals surface area contributed by atoms with Crippen molar-refractivity contribution >= 4 is 24.0 Å². The minimum Gasteiger partial charge on any atom is -0.467 e. The van der Waals surface area contributed by atoms with Crippen molar-refractivity contribution in [3.8, 4) is 0 Å². The van der Waals surface area contributed by atoms with Crippen LogP contribution < -0.4 is 5.32 Å². The van der Waals surface area contributed by atoms with Gasteiger partial charge in [-0.05, 0) is 35.9 Å². The topological polar surface area (TPSA) is 28.4 Å². The average Bonchev–Trinajstić information content (AvgIpc) is 3.01. The second kappa shape index (κ2) is 7.78. The highest BCUT2D eigenvalue weighted by molar-refractivity contribution is 6.30. The van der Waals surface area contributed by atoms with Crippen LogP contribution in [0.2, 0.25) is 5.02 Å². The van der Waals surface area contributed by atoms with Crippen LogP contribution in [0.1, 0.15) is 22.9 Å². The van der Waals surface area contributed by atoms with Crippen molar-refractivity contribution in [2.75, 3.05) is 26.2 Å². The Labute approximate surface area is 149 Å². The summed E-state index contributed by atoms with van der Waals surface area (Å²) in [6.07, 6.45) is -2.91. The summed E-state index contributed by atoms with van der Waals surface area (Å²) in [6.45, 7) is 3.01. The number of nitrogens with zero attached hydrogens (tertiary/aromatic N) is 1. The van der Waals surface area contributed by atoms with Crippen LogP contribution in [0.25, 0.3) is 0 Å². The van der Waals surface area contributed by atoms with Gasteiger partial charge in [-0.1, -0.05) is 11.6 Å². The molecule has 1 aromatic heterocycles. The summed E-state index contributed by atoms with van der Waals surface area (Å²) in [5, 5.41) is 3.31. The molecule has 1 saturated heterocycles. The van der Waals surface area contributed by atoms with Crippen molar-refractivity contribution < 1.29 is 17.6 Å². The summed E-state index contributed by atoms with van der Waals surface area (Å²) in [5.74, 6) is 0.613. The Hall–Kier alpha value is -1.21. The van der Waals surface area contributed by atoms with E-state index in [9.17, 15) is 13.2 Å². The summed E-state index contributed by atoms with van der Waals surface area (Å²) < 4.78 is 44.8. The molecule has 0 spiro atoms. The molecule has 1 aliphatic rings. The third-order valence-corrected chi connectivity index (χ3v) is 4.11. The normalized spacial score (nSPS) is 17.3. The first-order valence-electron chi connectivity index (χ1n) is 7.31. The van der Waals surface area contributed by atoms with Gasteiger partial charge in [0.25, 0.3) is 0 Å². The molecule has 3 rings (SSSR count). The van der Waals surface area contributed by atoms with E-state index in [1.807, 2.05) is 0 Å². The smallest absolute Gasteiger partial charge is 0.416 e. The third-order valence-electron chi connectivity index (χ3n) is 3.89. The molecule has 3 nitrogen and oxygen atoms in total. The van der Waals surface area contributed by atoms with Gasteiger partial charge in [-0.3, -0.25) is 4.90 Å². The molecule has 8 heteroatoms. The molecule has 1 aromatic carbocycles. The van der Waals surface area contributed by atoms with Gasteiger partial charge >= 0.3 is 6.18 Å². The van der Waals surface area contributed by atoms with Crippen molar-refractivity contribution in [3.05, 3.63) is 58.5 Å². The Morgan fingerprint density at radius 1 is 1.17 bits per heavy atom. The number of rotatable bonds is 3. The predicted octanol–water partition coefficient (Wildman–Crippen LogP) is 4.37.